The molecule has 0 saturated heterocycles. The molecule has 4 heterocycles. The van der Waals surface area contributed by atoms with Gasteiger partial charge in [-0.15, -0.1) is 0 Å². The van der Waals surface area contributed by atoms with E-state index in [4.69, 9.17) is 14.4 Å². The Balaban J connectivity index is 1.09. The van der Waals surface area contributed by atoms with Crippen LogP contribution in [0.5, 0.6) is 0 Å². The number of benzene rings is 10. The Morgan fingerprint density at radius 3 is 1.43 bits per heavy atom. The Kier molecular flexibility index (Phi) is 8.83. The summed E-state index contributed by atoms with van der Waals surface area (Å²) in [5, 5.41) is 6.73. The van der Waals surface area contributed by atoms with E-state index in [1.165, 1.54) is 5.39 Å². The minimum Gasteiger partial charge on any atom is -0.453 e. The summed E-state index contributed by atoms with van der Waals surface area (Å²) in [6.07, 6.45) is 0. The summed E-state index contributed by atoms with van der Waals surface area (Å²) in [7, 11) is 0. The van der Waals surface area contributed by atoms with Crippen molar-refractivity contribution in [1.29, 1.82) is 0 Å². The Morgan fingerprint density at radius 1 is 0.319 bits per heavy atom. The highest BCUT2D eigenvalue weighted by atomic mass is 16.3. The molecule has 322 valence electrons. The van der Waals surface area contributed by atoms with Crippen LogP contribution in [0, 0.1) is 0 Å². The summed E-state index contributed by atoms with van der Waals surface area (Å²) in [6, 6.07) is 86.1. The van der Waals surface area contributed by atoms with E-state index in [2.05, 4.69) is 228 Å². The lowest BCUT2D eigenvalue weighted by atomic mass is 9.91. The number of para-hydroxylation sites is 3. The lowest BCUT2D eigenvalue weighted by molar-refractivity contribution is 0.675. The molecular formula is C64H40N4O. The van der Waals surface area contributed by atoms with Crippen molar-refractivity contribution in [2.24, 2.45) is 0 Å². The van der Waals surface area contributed by atoms with Gasteiger partial charge in [-0.25, -0.2) is 9.97 Å². The third-order valence-electron chi connectivity index (χ3n) is 13.7. The minimum atomic E-state index is 0.678. The van der Waals surface area contributed by atoms with Crippen molar-refractivity contribution >= 4 is 65.6 Å². The van der Waals surface area contributed by atoms with Crippen molar-refractivity contribution in [2.75, 3.05) is 0 Å². The molecular weight excluding hydrogens is 841 g/mol. The SMILES string of the molecule is c1ccc(-c2cc(-c3cc(-c4ccccc4)c(-n4c5ccccc5c5c6oc7c(ccc8c9ccccc9n(-c9ccccc9)c87)c6ccc54)c(-c4ccccc4)c3)nc(-c3ccccc3)n2)cc1. The molecule has 0 radical (unpaired) electrons. The number of hydrogen-bond acceptors (Lipinski definition) is 3. The third-order valence-corrected chi connectivity index (χ3v) is 13.7. The summed E-state index contributed by atoms with van der Waals surface area (Å²) in [6.45, 7) is 0. The molecule has 4 aromatic heterocycles. The van der Waals surface area contributed by atoms with E-state index in [0.717, 1.165) is 122 Å². The molecule has 5 heteroatoms. The smallest absolute Gasteiger partial charge is 0.160 e. The highest BCUT2D eigenvalue weighted by Gasteiger charge is 2.26. The number of rotatable bonds is 7. The maximum absolute atomic E-state index is 7.38. The van der Waals surface area contributed by atoms with E-state index in [1.807, 2.05) is 24.3 Å². The average Bonchev–Trinajstić information content (AvgIpc) is 4.09. The average molecular weight is 881 g/mol. The van der Waals surface area contributed by atoms with Gasteiger partial charge in [0.05, 0.1) is 44.5 Å². The molecule has 0 spiro atoms. The van der Waals surface area contributed by atoms with Crippen LogP contribution in [0.15, 0.2) is 247 Å². The summed E-state index contributed by atoms with van der Waals surface area (Å²) >= 11 is 0. The molecule has 10 aromatic carbocycles. The quantitative estimate of drug-likeness (QED) is 0.160. The molecule has 5 nitrogen and oxygen atoms in total. The van der Waals surface area contributed by atoms with Crippen LogP contribution >= 0.6 is 0 Å². The van der Waals surface area contributed by atoms with Gasteiger partial charge in [0.15, 0.2) is 11.4 Å². The molecule has 14 aromatic rings. The van der Waals surface area contributed by atoms with Crippen LogP contribution in [0.2, 0.25) is 0 Å². The summed E-state index contributed by atoms with van der Waals surface area (Å²) in [5.74, 6) is 0.678. The second kappa shape index (κ2) is 15.7. The third kappa shape index (κ3) is 6.18. The van der Waals surface area contributed by atoms with Gasteiger partial charge in [-0.05, 0) is 71.8 Å². The highest BCUT2D eigenvalue weighted by Crippen LogP contribution is 2.48. The standard InChI is InChI=1S/C64H40N4O/c1-6-20-41(21-7-1)52-38-45(55-40-54(43-24-10-3-11-25-43)65-64(66-55)44-26-12-4-13-27-44)39-53(42-22-8-2-9-23-42)60(52)68-57-33-19-17-31-51(57)59-58(68)37-36-49-50-35-34-48-47-30-16-18-32-56(47)67(46-28-14-5-15-29-46)61(48)63(50)69-62(49)59/h1-40H. The van der Waals surface area contributed by atoms with Crippen molar-refractivity contribution in [2.45, 2.75) is 0 Å². The Morgan fingerprint density at radius 2 is 0.797 bits per heavy atom. The van der Waals surface area contributed by atoms with Gasteiger partial charge in [0.2, 0.25) is 0 Å². The van der Waals surface area contributed by atoms with E-state index < -0.39 is 0 Å². The molecule has 0 aliphatic heterocycles. The molecule has 0 aliphatic rings. The second-order valence-electron chi connectivity index (χ2n) is 17.7. The maximum Gasteiger partial charge on any atom is 0.160 e. The fourth-order valence-corrected chi connectivity index (χ4v) is 10.6. The fourth-order valence-electron chi connectivity index (χ4n) is 10.6. The van der Waals surface area contributed by atoms with Crippen LogP contribution in [-0.2, 0) is 0 Å². The molecule has 14 rings (SSSR count). The molecule has 0 aliphatic carbocycles. The van der Waals surface area contributed by atoms with Crippen LogP contribution in [0.4, 0.5) is 0 Å². The van der Waals surface area contributed by atoms with Gasteiger partial charge < -0.3 is 13.6 Å². The molecule has 0 atom stereocenters. The van der Waals surface area contributed by atoms with Crippen LogP contribution < -0.4 is 0 Å². The zero-order chi connectivity index (χ0) is 45.4. The lowest BCUT2D eigenvalue weighted by Gasteiger charge is -2.21. The number of aromatic nitrogens is 4. The van der Waals surface area contributed by atoms with Gasteiger partial charge in [-0.1, -0.05) is 182 Å². The van der Waals surface area contributed by atoms with E-state index in [-0.39, 0.29) is 0 Å². The van der Waals surface area contributed by atoms with Crippen molar-refractivity contribution in [1.82, 2.24) is 19.1 Å². The lowest BCUT2D eigenvalue weighted by Crippen LogP contribution is -2.02. The normalized spacial score (nSPS) is 11.8. The molecule has 0 bridgehead atoms. The predicted molar refractivity (Wildman–Crippen MR) is 285 cm³/mol. The first kappa shape index (κ1) is 38.9. The molecule has 0 saturated carbocycles. The van der Waals surface area contributed by atoms with Gasteiger partial charge in [0.1, 0.15) is 5.58 Å². The number of hydrogen-bond donors (Lipinski definition) is 0. The van der Waals surface area contributed by atoms with Gasteiger partial charge in [-0.2, -0.15) is 0 Å². The zero-order valence-corrected chi connectivity index (χ0v) is 37.3. The monoisotopic (exact) mass is 880 g/mol. The molecule has 0 N–H and O–H groups in total. The van der Waals surface area contributed by atoms with E-state index in [1.54, 1.807) is 0 Å². The van der Waals surface area contributed by atoms with E-state index in [9.17, 15) is 0 Å². The predicted octanol–water partition coefficient (Wildman–Crippen LogP) is 16.9. The van der Waals surface area contributed by atoms with Gasteiger partial charge in [-0.3, -0.25) is 0 Å². The van der Waals surface area contributed by atoms with Gasteiger partial charge in [0, 0.05) is 60.4 Å². The largest absolute Gasteiger partial charge is 0.453 e. The summed E-state index contributed by atoms with van der Waals surface area (Å²) in [5.41, 5.74) is 17.3. The van der Waals surface area contributed by atoms with Crippen LogP contribution in [0.1, 0.15) is 0 Å². The fraction of sp³-hybridized carbons (Fsp3) is 0. The highest BCUT2D eigenvalue weighted by molar-refractivity contribution is 6.28. The number of furan rings is 1. The van der Waals surface area contributed by atoms with Gasteiger partial charge in [0.25, 0.3) is 0 Å². The Hall–Kier alpha value is -9.32. The molecule has 0 amide bonds. The molecule has 0 fully saturated rings. The van der Waals surface area contributed by atoms with Crippen LogP contribution in [0.3, 0.4) is 0 Å². The van der Waals surface area contributed by atoms with Crippen molar-refractivity contribution in [3.05, 3.63) is 243 Å². The Bertz CT molecular complexity index is 4150. The molecule has 69 heavy (non-hydrogen) atoms. The van der Waals surface area contributed by atoms with E-state index >= 15 is 0 Å². The Labute approximate surface area is 397 Å². The first-order valence-electron chi connectivity index (χ1n) is 23.4. The topological polar surface area (TPSA) is 48.8 Å². The summed E-state index contributed by atoms with van der Waals surface area (Å²) < 4.78 is 12.2. The second-order valence-corrected chi connectivity index (χ2v) is 17.7. The number of nitrogens with zero attached hydrogens (tertiary/aromatic N) is 4. The summed E-state index contributed by atoms with van der Waals surface area (Å²) in [4.78, 5) is 10.5. The zero-order valence-electron chi connectivity index (χ0n) is 37.3. The van der Waals surface area contributed by atoms with Crippen molar-refractivity contribution in [3.63, 3.8) is 0 Å². The van der Waals surface area contributed by atoms with Gasteiger partial charge >= 0.3 is 0 Å². The minimum absolute atomic E-state index is 0.678. The van der Waals surface area contributed by atoms with Crippen LogP contribution in [0.25, 0.3) is 133 Å². The van der Waals surface area contributed by atoms with Crippen molar-refractivity contribution in [3.8, 4) is 67.5 Å². The molecule has 0 unspecified atom stereocenters. The van der Waals surface area contributed by atoms with Crippen LogP contribution in [-0.4, -0.2) is 19.1 Å². The first-order valence-corrected chi connectivity index (χ1v) is 23.4. The van der Waals surface area contributed by atoms with Crippen molar-refractivity contribution < 1.29 is 4.42 Å². The van der Waals surface area contributed by atoms with E-state index in [0.29, 0.717) is 5.82 Å². The number of fused-ring (bicyclic) bond motifs is 11. The first-order chi connectivity index (χ1) is 34.2. The maximum atomic E-state index is 7.38.